The molecule has 0 aliphatic heterocycles. The molecule has 0 atom stereocenters. The number of hydrogen-bond donors (Lipinski definition) is 0. The summed E-state index contributed by atoms with van der Waals surface area (Å²) < 4.78 is 29.6. The maximum Gasteiger partial charge on any atom is 0.181 e. The van der Waals surface area contributed by atoms with Crippen LogP contribution in [0.5, 0.6) is 11.5 Å². The highest BCUT2D eigenvalue weighted by Crippen LogP contribution is 2.22. The lowest BCUT2D eigenvalue weighted by Gasteiger charge is -2.06. The Morgan fingerprint density at radius 1 is 0.950 bits per heavy atom. The van der Waals surface area contributed by atoms with Crippen LogP contribution in [-0.4, -0.2) is 14.2 Å². The quantitative estimate of drug-likeness (QED) is 0.785. The van der Waals surface area contributed by atoms with Crippen molar-refractivity contribution in [2.45, 2.75) is 11.8 Å². The van der Waals surface area contributed by atoms with Gasteiger partial charge >= 0.3 is 0 Å². The maximum absolute atomic E-state index is 12.0. The lowest BCUT2D eigenvalue weighted by molar-refractivity contribution is 0.482. The molecule has 0 aliphatic rings. The summed E-state index contributed by atoms with van der Waals surface area (Å²) in [7, 11) is -3.25. The molecular weight excluding hydrogens is 272 g/mol. The van der Waals surface area contributed by atoms with Gasteiger partial charge in [0.2, 0.25) is 0 Å². The first kappa shape index (κ1) is 14.3. The van der Waals surface area contributed by atoms with E-state index in [1.807, 2.05) is 30.3 Å². The Bertz CT molecular complexity index is 671. The summed E-state index contributed by atoms with van der Waals surface area (Å²) in [5, 5.41) is 0. The molecule has 0 saturated carbocycles. The van der Waals surface area contributed by atoms with E-state index in [9.17, 15) is 8.42 Å². The van der Waals surface area contributed by atoms with Crippen LogP contribution in [0, 0.1) is 0 Å². The van der Waals surface area contributed by atoms with Crippen molar-refractivity contribution in [3.05, 3.63) is 66.7 Å². The zero-order chi connectivity index (χ0) is 14.4. The summed E-state index contributed by atoms with van der Waals surface area (Å²) in [6, 6.07) is 15.8. The highest BCUT2D eigenvalue weighted by Gasteiger charge is 2.12. The Hall–Kier alpha value is -2.07. The third-order valence-corrected chi connectivity index (χ3v) is 4.33. The lowest BCUT2D eigenvalue weighted by Crippen LogP contribution is -2.04. The van der Waals surface area contributed by atoms with Crippen LogP contribution in [0.2, 0.25) is 0 Å². The minimum Gasteiger partial charge on any atom is -0.457 e. The normalized spacial score (nSPS) is 11.7. The second-order valence-corrected chi connectivity index (χ2v) is 6.27. The van der Waals surface area contributed by atoms with E-state index in [4.69, 9.17) is 4.74 Å². The molecule has 2 rings (SSSR count). The monoisotopic (exact) mass is 288 g/mol. The van der Waals surface area contributed by atoms with Gasteiger partial charge in [-0.25, -0.2) is 8.42 Å². The lowest BCUT2D eigenvalue weighted by atomic mass is 10.3. The van der Waals surface area contributed by atoms with Gasteiger partial charge in [0.1, 0.15) is 11.5 Å². The van der Waals surface area contributed by atoms with E-state index in [0.29, 0.717) is 10.6 Å². The first-order valence-electron chi connectivity index (χ1n) is 6.29. The van der Waals surface area contributed by atoms with Gasteiger partial charge in [-0.1, -0.05) is 30.4 Å². The van der Waals surface area contributed by atoms with E-state index in [1.165, 1.54) is 0 Å². The van der Waals surface area contributed by atoms with Crippen molar-refractivity contribution in [2.75, 3.05) is 5.75 Å². The molecule has 104 valence electrons. The number of para-hydroxylation sites is 1. The molecule has 0 fully saturated rings. The summed E-state index contributed by atoms with van der Waals surface area (Å²) in [6.45, 7) is 1.80. The van der Waals surface area contributed by atoms with Crippen molar-refractivity contribution in [3.8, 4) is 11.5 Å². The van der Waals surface area contributed by atoms with Crippen LogP contribution in [0.3, 0.4) is 0 Å². The molecule has 0 spiro atoms. The summed E-state index contributed by atoms with van der Waals surface area (Å²) >= 11 is 0. The third kappa shape index (κ3) is 3.71. The van der Waals surface area contributed by atoms with Crippen molar-refractivity contribution in [3.63, 3.8) is 0 Å². The molecule has 2 aromatic carbocycles. The molecule has 0 saturated heterocycles. The van der Waals surface area contributed by atoms with Crippen molar-refractivity contribution in [1.29, 1.82) is 0 Å². The zero-order valence-electron chi connectivity index (χ0n) is 11.2. The maximum atomic E-state index is 12.0. The fraction of sp³-hybridized carbons (Fsp3) is 0.125. The van der Waals surface area contributed by atoms with E-state index in [2.05, 4.69) is 0 Å². The molecule has 2 aromatic rings. The average molecular weight is 288 g/mol. The van der Waals surface area contributed by atoms with Crippen LogP contribution in [-0.2, 0) is 9.84 Å². The van der Waals surface area contributed by atoms with Crippen LogP contribution in [0.25, 0.3) is 0 Å². The molecule has 0 amide bonds. The summed E-state index contributed by atoms with van der Waals surface area (Å²) in [5.74, 6) is 1.35. The second kappa shape index (κ2) is 6.39. The predicted molar refractivity (Wildman–Crippen MR) is 79.8 cm³/mol. The molecule has 0 heterocycles. The summed E-state index contributed by atoms with van der Waals surface area (Å²) in [6.07, 6.45) is 3.36. The molecule has 4 heteroatoms. The summed E-state index contributed by atoms with van der Waals surface area (Å²) in [5.41, 5.74) is 0. The smallest absolute Gasteiger partial charge is 0.181 e. The van der Waals surface area contributed by atoms with Gasteiger partial charge in [0.05, 0.1) is 10.6 Å². The minimum atomic E-state index is -3.25. The molecule has 0 bridgehead atoms. The van der Waals surface area contributed by atoms with Gasteiger partial charge in [-0.2, -0.15) is 0 Å². The number of ether oxygens (including phenoxy) is 1. The van der Waals surface area contributed by atoms with Crippen molar-refractivity contribution in [1.82, 2.24) is 0 Å². The van der Waals surface area contributed by atoms with Crippen LogP contribution in [0.4, 0.5) is 0 Å². The number of hydrogen-bond acceptors (Lipinski definition) is 3. The van der Waals surface area contributed by atoms with E-state index >= 15 is 0 Å². The van der Waals surface area contributed by atoms with Crippen LogP contribution >= 0.6 is 0 Å². The third-order valence-electron chi connectivity index (χ3n) is 2.71. The summed E-state index contributed by atoms with van der Waals surface area (Å²) in [4.78, 5) is 0.302. The van der Waals surface area contributed by atoms with Gasteiger partial charge in [-0.3, -0.25) is 0 Å². The van der Waals surface area contributed by atoms with Crippen molar-refractivity contribution >= 4 is 9.84 Å². The Morgan fingerprint density at radius 2 is 1.55 bits per heavy atom. The van der Waals surface area contributed by atoms with Gasteiger partial charge in [0, 0.05) is 0 Å². The topological polar surface area (TPSA) is 43.4 Å². The van der Waals surface area contributed by atoms with E-state index < -0.39 is 9.84 Å². The predicted octanol–water partition coefficient (Wildman–Crippen LogP) is 3.83. The van der Waals surface area contributed by atoms with E-state index in [-0.39, 0.29) is 5.75 Å². The van der Waals surface area contributed by atoms with E-state index in [0.717, 1.165) is 5.75 Å². The molecule has 0 N–H and O–H groups in total. The number of allylic oxidation sites excluding steroid dienone is 1. The van der Waals surface area contributed by atoms with Crippen LogP contribution < -0.4 is 4.74 Å². The number of sulfone groups is 1. The van der Waals surface area contributed by atoms with Gasteiger partial charge < -0.3 is 4.74 Å². The fourth-order valence-corrected chi connectivity index (χ4v) is 2.85. The first-order chi connectivity index (χ1) is 9.62. The molecule has 0 radical (unpaired) electrons. The largest absolute Gasteiger partial charge is 0.457 e. The fourth-order valence-electron chi connectivity index (χ4n) is 1.66. The zero-order valence-corrected chi connectivity index (χ0v) is 12.0. The van der Waals surface area contributed by atoms with Gasteiger partial charge in [-0.15, -0.1) is 0 Å². The first-order valence-corrected chi connectivity index (χ1v) is 7.94. The Kier molecular flexibility index (Phi) is 4.58. The Balaban J connectivity index is 2.14. The Labute approximate surface area is 119 Å². The van der Waals surface area contributed by atoms with Crippen LogP contribution in [0.1, 0.15) is 6.92 Å². The minimum absolute atomic E-state index is 0.0163. The molecule has 0 unspecified atom stereocenters. The number of rotatable bonds is 5. The van der Waals surface area contributed by atoms with E-state index in [1.54, 1.807) is 43.3 Å². The highest BCUT2D eigenvalue weighted by molar-refractivity contribution is 7.91. The Morgan fingerprint density at radius 3 is 2.15 bits per heavy atom. The SMILES string of the molecule is C/C=C/CS(=O)(=O)c1ccc(Oc2ccccc2)cc1. The molecule has 3 nitrogen and oxygen atoms in total. The van der Waals surface area contributed by atoms with Gasteiger partial charge in [-0.05, 0) is 43.3 Å². The van der Waals surface area contributed by atoms with Crippen molar-refractivity contribution in [2.24, 2.45) is 0 Å². The molecule has 0 aromatic heterocycles. The second-order valence-electron chi connectivity index (χ2n) is 4.24. The number of benzene rings is 2. The molecule has 20 heavy (non-hydrogen) atoms. The standard InChI is InChI=1S/C16H16O3S/c1-2-3-13-20(17,18)16-11-9-15(10-12-16)19-14-7-5-4-6-8-14/h2-12H,13H2,1H3/b3-2+. The molecule has 0 aliphatic carbocycles. The highest BCUT2D eigenvalue weighted by atomic mass is 32.2. The van der Waals surface area contributed by atoms with Crippen molar-refractivity contribution < 1.29 is 13.2 Å². The average Bonchev–Trinajstić information content (AvgIpc) is 2.47. The molecular formula is C16H16O3S. The van der Waals surface area contributed by atoms with Crippen LogP contribution in [0.15, 0.2) is 71.6 Å². The van der Waals surface area contributed by atoms with Gasteiger partial charge in [0.25, 0.3) is 0 Å². The van der Waals surface area contributed by atoms with Gasteiger partial charge in [0.15, 0.2) is 9.84 Å².